The van der Waals surface area contributed by atoms with Crippen LogP contribution in [0.1, 0.15) is 5.56 Å². The van der Waals surface area contributed by atoms with Crippen LogP contribution in [0.25, 0.3) is 6.08 Å². The van der Waals surface area contributed by atoms with Crippen molar-refractivity contribution in [1.82, 2.24) is 0 Å². The maximum Gasteiger partial charge on any atom is 0.299 e. The molecule has 0 spiro atoms. The smallest absolute Gasteiger partial charge is 0.299 e. The summed E-state index contributed by atoms with van der Waals surface area (Å²) in [5.74, 6) is -0.879. The molecule has 1 aliphatic heterocycles. The SMILES string of the molecule is O=C1C(=O)N(c2ccccc2)C/C1=C\c1ccccc1. The Balaban J connectivity index is 1.92. The quantitative estimate of drug-likeness (QED) is 0.617. The Morgan fingerprint density at radius 2 is 1.45 bits per heavy atom. The van der Waals surface area contributed by atoms with Gasteiger partial charge < -0.3 is 4.90 Å². The van der Waals surface area contributed by atoms with Gasteiger partial charge in [-0.3, -0.25) is 9.59 Å². The van der Waals surface area contributed by atoms with Crippen LogP contribution in [0.3, 0.4) is 0 Å². The van der Waals surface area contributed by atoms with Gasteiger partial charge in [-0.1, -0.05) is 48.5 Å². The third-order valence-corrected chi connectivity index (χ3v) is 3.27. The first kappa shape index (κ1) is 12.4. The van der Waals surface area contributed by atoms with Crippen LogP contribution in [0, 0.1) is 0 Å². The van der Waals surface area contributed by atoms with E-state index in [4.69, 9.17) is 0 Å². The molecule has 2 aromatic rings. The highest BCUT2D eigenvalue weighted by Gasteiger charge is 2.34. The van der Waals surface area contributed by atoms with Crippen molar-refractivity contribution in [3.8, 4) is 0 Å². The van der Waals surface area contributed by atoms with Crippen molar-refractivity contribution < 1.29 is 9.59 Å². The first-order chi connectivity index (χ1) is 9.75. The normalized spacial score (nSPS) is 17.0. The molecule has 0 aliphatic carbocycles. The number of para-hydroxylation sites is 1. The lowest BCUT2D eigenvalue weighted by molar-refractivity contribution is -0.132. The van der Waals surface area contributed by atoms with Gasteiger partial charge in [0.25, 0.3) is 5.91 Å². The molecule has 0 aromatic heterocycles. The van der Waals surface area contributed by atoms with Crippen molar-refractivity contribution in [3.63, 3.8) is 0 Å². The molecule has 0 saturated carbocycles. The molecular formula is C17H13NO2. The molecule has 3 nitrogen and oxygen atoms in total. The number of hydrogen-bond acceptors (Lipinski definition) is 2. The second kappa shape index (κ2) is 5.13. The van der Waals surface area contributed by atoms with Gasteiger partial charge in [0.2, 0.25) is 5.78 Å². The van der Waals surface area contributed by atoms with Crippen molar-refractivity contribution in [2.24, 2.45) is 0 Å². The third kappa shape index (κ3) is 2.26. The average Bonchev–Trinajstić information content (AvgIpc) is 2.78. The number of amides is 1. The second-order valence-electron chi connectivity index (χ2n) is 4.64. The van der Waals surface area contributed by atoms with E-state index in [0.29, 0.717) is 12.1 Å². The van der Waals surface area contributed by atoms with Crippen LogP contribution in [0.5, 0.6) is 0 Å². The fourth-order valence-electron chi connectivity index (χ4n) is 2.25. The minimum absolute atomic E-state index is 0.330. The van der Waals surface area contributed by atoms with E-state index in [0.717, 1.165) is 11.3 Å². The first-order valence-corrected chi connectivity index (χ1v) is 6.42. The number of nitrogens with zero attached hydrogens (tertiary/aromatic N) is 1. The van der Waals surface area contributed by atoms with Crippen molar-refractivity contribution in [2.75, 3.05) is 11.4 Å². The summed E-state index contributed by atoms with van der Waals surface area (Å²) in [6.45, 7) is 0.330. The number of Topliss-reactive ketones (excluding diaryl/α,β-unsaturated/α-hetero) is 1. The standard InChI is InChI=1S/C17H13NO2/c19-16-14(11-13-7-3-1-4-8-13)12-18(17(16)20)15-9-5-2-6-10-15/h1-11H,12H2/b14-11+. The Bertz CT molecular complexity index is 675. The van der Waals surface area contributed by atoms with Crippen LogP contribution >= 0.6 is 0 Å². The zero-order chi connectivity index (χ0) is 13.9. The Hall–Kier alpha value is -2.68. The van der Waals surface area contributed by atoms with Gasteiger partial charge in [0.15, 0.2) is 0 Å². The molecule has 1 fully saturated rings. The van der Waals surface area contributed by atoms with Gasteiger partial charge in [0.1, 0.15) is 0 Å². The molecular weight excluding hydrogens is 250 g/mol. The summed E-state index contributed by atoms with van der Waals surface area (Å²) in [7, 11) is 0. The minimum Gasteiger partial charge on any atom is -0.301 e. The number of ketones is 1. The van der Waals surface area contributed by atoms with Gasteiger partial charge >= 0.3 is 0 Å². The lowest BCUT2D eigenvalue weighted by Crippen LogP contribution is -2.26. The van der Waals surface area contributed by atoms with Gasteiger partial charge in [-0.25, -0.2) is 0 Å². The Morgan fingerprint density at radius 1 is 0.850 bits per heavy atom. The average molecular weight is 263 g/mol. The van der Waals surface area contributed by atoms with E-state index in [1.54, 1.807) is 6.08 Å². The summed E-state index contributed by atoms with van der Waals surface area (Å²) < 4.78 is 0. The van der Waals surface area contributed by atoms with E-state index in [9.17, 15) is 9.59 Å². The summed E-state index contributed by atoms with van der Waals surface area (Å²) >= 11 is 0. The van der Waals surface area contributed by atoms with E-state index >= 15 is 0 Å². The lowest BCUT2D eigenvalue weighted by atomic mass is 10.1. The molecule has 2 aromatic carbocycles. The van der Waals surface area contributed by atoms with Crippen molar-refractivity contribution in [3.05, 3.63) is 71.8 Å². The number of anilines is 1. The van der Waals surface area contributed by atoms with Crippen molar-refractivity contribution >= 4 is 23.5 Å². The number of carbonyl (C=O) groups excluding carboxylic acids is 2. The fraction of sp³-hybridized carbons (Fsp3) is 0.0588. The van der Waals surface area contributed by atoms with Crippen LogP contribution < -0.4 is 4.90 Å². The molecule has 0 unspecified atom stereocenters. The predicted molar refractivity (Wildman–Crippen MR) is 78.2 cm³/mol. The van der Waals surface area contributed by atoms with Gasteiger partial charge in [-0.15, -0.1) is 0 Å². The molecule has 0 atom stereocenters. The largest absolute Gasteiger partial charge is 0.301 e. The molecule has 3 heteroatoms. The summed E-state index contributed by atoms with van der Waals surface area (Å²) in [5, 5.41) is 0. The second-order valence-corrected chi connectivity index (χ2v) is 4.64. The number of carbonyl (C=O) groups is 2. The van der Waals surface area contributed by atoms with Crippen molar-refractivity contribution in [1.29, 1.82) is 0 Å². The predicted octanol–water partition coefficient (Wildman–Crippen LogP) is 2.69. The van der Waals surface area contributed by atoms with E-state index < -0.39 is 11.7 Å². The Morgan fingerprint density at radius 3 is 2.10 bits per heavy atom. The van der Waals surface area contributed by atoms with E-state index in [1.807, 2.05) is 60.7 Å². The summed E-state index contributed by atoms with van der Waals surface area (Å²) in [4.78, 5) is 25.6. The number of benzene rings is 2. The molecule has 1 heterocycles. The van der Waals surface area contributed by atoms with E-state index in [2.05, 4.69) is 0 Å². The maximum atomic E-state index is 12.0. The van der Waals surface area contributed by atoms with Crippen LogP contribution in [-0.2, 0) is 9.59 Å². The topological polar surface area (TPSA) is 37.4 Å². The van der Waals surface area contributed by atoms with Crippen LogP contribution in [0.15, 0.2) is 66.2 Å². The number of hydrogen-bond donors (Lipinski definition) is 0. The molecule has 1 amide bonds. The molecule has 3 rings (SSSR count). The molecule has 0 N–H and O–H groups in total. The Labute approximate surface area is 117 Å². The summed E-state index contributed by atoms with van der Waals surface area (Å²) in [5.41, 5.74) is 2.21. The van der Waals surface area contributed by atoms with Crippen LogP contribution in [0.2, 0.25) is 0 Å². The van der Waals surface area contributed by atoms with Crippen LogP contribution in [-0.4, -0.2) is 18.2 Å². The molecule has 98 valence electrons. The van der Waals surface area contributed by atoms with Gasteiger partial charge in [0.05, 0.1) is 6.54 Å². The zero-order valence-electron chi connectivity index (χ0n) is 10.8. The van der Waals surface area contributed by atoms with Crippen molar-refractivity contribution in [2.45, 2.75) is 0 Å². The summed E-state index contributed by atoms with van der Waals surface area (Å²) in [6.07, 6.45) is 1.78. The summed E-state index contributed by atoms with van der Waals surface area (Å²) in [6, 6.07) is 18.8. The lowest BCUT2D eigenvalue weighted by Gasteiger charge is -2.13. The van der Waals surface area contributed by atoms with E-state index in [1.165, 1.54) is 4.90 Å². The highest BCUT2D eigenvalue weighted by Crippen LogP contribution is 2.23. The third-order valence-electron chi connectivity index (χ3n) is 3.27. The number of rotatable bonds is 2. The van der Waals surface area contributed by atoms with Gasteiger partial charge in [0, 0.05) is 11.3 Å². The first-order valence-electron chi connectivity index (χ1n) is 6.42. The molecule has 1 saturated heterocycles. The fourth-order valence-corrected chi connectivity index (χ4v) is 2.25. The minimum atomic E-state index is -0.460. The monoisotopic (exact) mass is 263 g/mol. The highest BCUT2D eigenvalue weighted by molar-refractivity contribution is 6.51. The van der Waals surface area contributed by atoms with Gasteiger partial charge in [-0.2, -0.15) is 0 Å². The molecule has 20 heavy (non-hydrogen) atoms. The van der Waals surface area contributed by atoms with Gasteiger partial charge in [-0.05, 0) is 23.8 Å². The molecule has 0 bridgehead atoms. The molecule has 0 radical (unpaired) electrons. The molecule has 1 aliphatic rings. The van der Waals surface area contributed by atoms with E-state index in [-0.39, 0.29) is 0 Å². The maximum absolute atomic E-state index is 12.0. The Kier molecular flexibility index (Phi) is 3.17. The zero-order valence-corrected chi connectivity index (χ0v) is 10.8. The highest BCUT2D eigenvalue weighted by atomic mass is 16.2. The van der Waals surface area contributed by atoms with Crippen LogP contribution in [0.4, 0.5) is 5.69 Å².